The third-order valence-electron chi connectivity index (χ3n) is 1.55. The van der Waals surface area contributed by atoms with E-state index in [-0.39, 0.29) is 11.8 Å². The molecular weight excluding hydrogens is 146 g/mol. The summed E-state index contributed by atoms with van der Waals surface area (Å²) in [5.41, 5.74) is 5.12. The van der Waals surface area contributed by atoms with Gasteiger partial charge < -0.3 is 5.73 Å². The molecule has 1 amide bonds. The first kappa shape index (κ1) is 7.66. The van der Waals surface area contributed by atoms with E-state index in [2.05, 4.69) is 6.92 Å². The average molecular weight is 157 g/mol. The molecule has 1 unspecified atom stereocenters. The van der Waals surface area contributed by atoms with E-state index in [4.69, 9.17) is 5.73 Å². The SMILES string of the molecule is CCC1=CC(C(N)=O)CS1. The van der Waals surface area contributed by atoms with Crippen molar-refractivity contribution in [2.45, 2.75) is 13.3 Å². The molecule has 1 atom stereocenters. The van der Waals surface area contributed by atoms with Crippen molar-refractivity contribution in [3.63, 3.8) is 0 Å². The van der Waals surface area contributed by atoms with Gasteiger partial charge in [-0.3, -0.25) is 4.79 Å². The first-order chi connectivity index (χ1) is 4.74. The van der Waals surface area contributed by atoms with E-state index in [1.165, 1.54) is 4.91 Å². The molecule has 0 saturated carbocycles. The van der Waals surface area contributed by atoms with Crippen molar-refractivity contribution < 1.29 is 4.79 Å². The van der Waals surface area contributed by atoms with Crippen molar-refractivity contribution in [2.24, 2.45) is 11.7 Å². The van der Waals surface area contributed by atoms with Crippen molar-refractivity contribution >= 4 is 17.7 Å². The fourth-order valence-electron chi connectivity index (χ4n) is 0.902. The van der Waals surface area contributed by atoms with Crippen molar-refractivity contribution in [3.05, 3.63) is 11.0 Å². The zero-order valence-electron chi connectivity index (χ0n) is 5.96. The highest BCUT2D eigenvalue weighted by molar-refractivity contribution is 8.03. The minimum absolute atomic E-state index is 0.0139. The van der Waals surface area contributed by atoms with Crippen LogP contribution in [0.2, 0.25) is 0 Å². The van der Waals surface area contributed by atoms with Gasteiger partial charge in [-0.15, -0.1) is 11.8 Å². The molecule has 1 aliphatic rings. The molecule has 0 spiro atoms. The molecule has 0 saturated heterocycles. The van der Waals surface area contributed by atoms with Gasteiger partial charge in [-0.25, -0.2) is 0 Å². The van der Waals surface area contributed by atoms with Crippen LogP contribution in [0.15, 0.2) is 11.0 Å². The van der Waals surface area contributed by atoms with Crippen molar-refractivity contribution in [1.82, 2.24) is 0 Å². The highest BCUT2D eigenvalue weighted by atomic mass is 32.2. The second kappa shape index (κ2) is 3.10. The summed E-state index contributed by atoms with van der Waals surface area (Å²) in [7, 11) is 0. The monoisotopic (exact) mass is 157 g/mol. The van der Waals surface area contributed by atoms with Crippen LogP contribution in [0.25, 0.3) is 0 Å². The van der Waals surface area contributed by atoms with E-state index in [1.807, 2.05) is 6.08 Å². The Kier molecular flexibility index (Phi) is 2.38. The first-order valence-electron chi connectivity index (χ1n) is 3.37. The standard InChI is InChI=1S/C7H11NOS/c1-2-6-3-5(4-10-6)7(8)9/h3,5H,2,4H2,1H3,(H2,8,9). The van der Waals surface area contributed by atoms with Crippen molar-refractivity contribution in [3.8, 4) is 0 Å². The number of hydrogen-bond acceptors (Lipinski definition) is 2. The average Bonchev–Trinajstić information content (AvgIpc) is 2.34. The lowest BCUT2D eigenvalue weighted by Gasteiger charge is -1.96. The fourth-order valence-corrected chi connectivity index (χ4v) is 2.02. The summed E-state index contributed by atoms with van der Waals surface area (Å²) in [5.74, 6) is 0.634. The van der Waals surface area contributed by atoms with Crippen LogP contribution in [-0.4, -0.2) is 11.7 Å². The van der Waals surface area contributed by atoms with Gasteiger partial charge in [0.1, 0.15) is 0 Å². The molecule has 1 heterocycles. The van der Waals surface area contributed by atoms with Crippen LogP contribution < -0.4 is 5.73 Å². The van der Waals surface area contributed by atoms with Gasteiger partial charge >= 0.3 is 0 Å². The lowest BCUT2D eigenvalue weighted by atomic mass is 10.1. The van der Waals surface area contributed by atoms with Crippen LogP contribution in [0, 0.1) is 5.92 Å². The van der Waals surface area contributed by atoms with Crippen LogP contribution >= 0.6 is 11.8 Å². The van der Waals surface area contributed by atoms with Gasteiger partial charge in [0.25, 0.3) is 0 Å². The third kappa shape index (κ3) is 1.53. The third-order valence-corrected chi connectivity index (χ3v) is 2.87. The predicted octanol–water partition coefficient (Wildman–Crippen LogP) is 1.13. The number of allylic oxidation sites excluding steroid dienone is 1. The minimum atomic E-state index is -0.198. The lowest BCUT2D eigenvalue weighted by Crippen LogP contribution is -2.21. The number of amides is 1. The molecule has 0 bridgehead atoms. The molecule has 0 radical (unpaired) electrons. The Labute approximate surface area is 64.9 Å². The predicted molar refractivity (Wildman–Crippen MR) is 43.5 cm³/mol. The molecule has 0 aromatic rings. The van der Waals surface area contributed by atoms with Crippen LogP contribution in [0.5, 0.6) is 0 Å². The summed E-state index contributed by atoms with van der Waals surface area (Å²) < 4.78 is 0. The fraction of sp³-hybridized carbons (Fsp3) is 0.571. The van der Waals surface area contributed by atoms with Crippen LogP contribution in [0.4, 0.5) is 0 Å². The molecule has 0 aliphatic carbocycles. The number of primary amides is 1. The summed E-state index contributed by atoms with van der Waals surface area (Å²) in [6.45, 7) is 2.09. The van der Waals surface area contributed by atoms with Gasteiger partial charge in [-0.2, -0.15) is 0 Å². The molecule has 2 N–H and O–H groups in total. The second-order valence-electron chi connectivity index (χ2n) is 2.31. The van der Waals surface area contributed by atoms with E-state index in [0.717, 1.165) is 12.2 Å². The Morgan fingerprint density at radius 3 is 3.00 bits per heavy atom. The summed E-state index contributed by atoms with van der Waals surface area (Å²) in [6, 6.07) is 0. The lowest BCUT2D eigenvalue weighted by molar-refractivity contribution is -0.119. The number of carbonyl (C=O) groups is 1. The summed E-state index contributed by atoms with van der Waals surface area (Å²) in [5, 5.41) is 0. The maximum absolute atomic E-state index is 10.6. The highest BCUT2D eigenvalue weighted by Crippen LogP contribution is 2.30. The van der Waals surface area contributed by atoms with E-state index >= 15 is 0 Å². The number of thioether (sulfide) groups is 1. The molecular formula is C7H11NOS. The molecule has 3 heteroatoms. The molecule has 1 rings (SSSR count). The smallest absolute Gasteiger partial charge is 0.225 e. The van der Waals surface area contributed by atoms with Gasteiger partial charge in [0.15, 0.2) is 0 Å². The number of hydrogen-bond donors (Lipinski definition) is 1. The summed E-state index contributed by atoms with van der Waals surface area (Å²) in [6.07, 6.45) is 3.00. The van der Waals surface area contributed by atoms with E-state index in [9.17, 15) is 4.79 Å². The minimum Gasteiger partial charge on any atom is -0.369 e. The topological polar surface area (TPSA) is 43.1 Å². The van der Waals surface area contributed by atoms with Crippen molar-refractivity contribution in [2.75, 3.05) is 5.75 Å². The Morgan fingerprint density at radius 1 is 2.00 bits per heavy atom. The number of carbonyl (C=O) groups excluding carboxylic acids is 1. The van der Waals surface area contributed by atoms with Crippen LogP contribution in [-0.2, 0) is 4.79 Å². The molecule has 1 aliphatic heterocycles. The van der Waals surface area contributed by atoms with Gasteiger partial charge in [-0.05, 0) is 11.3 Å². The number of rotatable bonds is 2. The zero-order valence-corrected chi connectivity index (χ0v) is 6.78. The number of nitrogens with two attached hydrogens (primary N) is 1. The maximum atomic E-state index is 10.6. The molecule has 56 valence electrons. The van der Waals surface area contributed by atoms with Crippen LogP contribution in [0.3, 0.4) is 0 Å². The zero-order chi connectivity index (χ0) is 7.56. The van der Waals surface area contributed by atoms with Crippen LogP contribution in [0.1, 0.15) is 13.3 Å². The molecule has 2 nitrogen and oxygen atoms in total. The maximum Gasteiger partial charge on any atom is 0.225 e. The normalized spacial score (nSPS) is 24.5. The second-order valence-corrected chi connectivity index (χ2v) is 3.45. The molecule has 10 heavy (non-hydrogen) atoms. The first-order valence-corrected chi connectivity index (χ1v) is 4.35. The Balaban J connectivity index is 2.55. The Morgan fingerprint density at radius 2 is 2.70 bits per heavy atom. The van der Waals surface area contributed by atoms with Crippen molar-refractivity contribution in [1.29, 1.82) is 0 Å². The molecule has 0 aromatic heterocycles. The van der Waals surface area contributed by atoms with E-state index < -0.39 is 0 Å². The van der Waals surface area contributed by atoms with E-state index in [0.29, 0.717) is 0 Å². The summed E-state index contributed by atoms with van der Waals surface area (Å²) >= 11 is 1.74. The summed E-state index contributed by atoms with van der Waals surface area (Å²) in [4.78, 5) is 11.9. The molecule has 0 aromatic carbocycles. The van der Waals surface area contributed by atoms with Gasteiger partial charge in [0.2, 0.25) is 5.91 Å². The largest absolute Gasteiger partial charge is 0.369 e. The Hall–Kier alpha value is -0.440. The van der Waals surface area contributed by atoms with E-state index in [1.54, 1.807) is 11.8 Å². The van der Waals surface area contributed by atoms with Gasteiger partial charge in [-0.1, -0.05) is 13.0 Å². The van der Waals surface area contributed by atoms with Gasteiger partial charge in [0.05, 0.1) is 5.92 Å². The Bertz CT molecular complexity index is 176. The molecule has 0 fully saturated rings. The highest BCUT2D eigenvalue weighted by Gasteiger charge is 2.19. The van der Waals surface area contributed by atoms with Gasteiger partial charge in [0, 0.05) is 5.75 Å². The quantitative estimate of drug-likeness (QED) is 0.653.